The third kappa shape index (κ3) is 5.21. The summed E-state index contributed by atoms with van der Waals surface area (Å²) in [5.74, 6) is 0.526. The molecular weight excluding hydrogens is 302 g/mol. The Labute approximate surface area is 134 Å². The largest absolute Gasteiger partial charge is 0.356 e. The quantitative estimate of drug-likeness (QED) is 0.797. The Kier molecular flexibility index (Phi) is 6.23. The smallest absolute Gasteiger partial charge is 0.224 e. The molecular formula is C15H29N3O3S. The molecule has 1 N–H and O–H groups in total. The molecule has 0 radical (unpaired) electrons. The van der Waals surface area contributed by atoms with Crippen molar-refractivity contribution in [3.05, 3.63) is 0 Å². The second-order valence-corrected chi connectivity index (χ2v) is 8.77. The number of likely N-dealkylation sites (tertiary alicyclic amines) is 1. The van der Waals surface area contributed by atoms with Crippen molar-refractivity contribution in [1.82, 2.24) is 14.5 Å². The summed E-state index contributed by atoms with van der Waals surface area (Å²) in [5, 5.41) is 3.01. The number of amides is 1. The number of nitrogens with zero attached hydrogens (tertiary/aromatic N) is 2. The molecule has 2 rings (SSSR count). The summed E-state index contributed by atoms with van der Waals surface area (Å²) in [6.07, 6.45) is 6.21. The summed E-state index contributed by atoms with van der Waals surface area (Å²) in [6, 6.07) is 0. The molecule has 0 aromatic heterocycles. The van der Waals surface area contributed by atoms with Gasteiger partial charge >= 0.3 is 0 Å². The monoisotopic (exact) mass is 331 g/mol. The first-order valence-electron chi connectivity index (χ1n) is 8.27. The van der Waals surface area contributed by atoms with Crippen molar-refractivity contribution < 1.29 is 13.2 Å². The number of carbonyl (C=O) groups is 1. The number of nitrogens with one attached hydrogen (secondary N) is 1. The van der Waals surface area contributed by atoms with E-state index in [-0.39, 0.29) is 11.8 Å². The van der Waals surface area contributed by atoms with Crippen molar-refractivity contribution in [2.24, 2.45) is 11.8 Å². The van der Waals surface area contributed by atoms with Crippen LogP contribution >= 0.6 is 0 Å². The molecule has 0 unspecified atom stereocenters. The highest BCUT2D eigenvalue weighted by molar-refractivity contribution is 7.88. The number of piperidine rings is 2. The molecule has 0 aromatic rings. The molecule has 2 fully saturated rings. The highest BCUT2D eigenvalue weighted by Crippen LogP contribution is 2.20. The van der Waals surface area contributed by atoms with Crippen LogP contribution in [0.2, 0.25) is 0 Å². The van der Waals surface area contributed by atoms with Crippen LogP contribution in [0.1, 0.15) is 32.1 Å². The third-order valence-corrected chi connectivity index (χ3v) is 6.18. The van der Waals surface area contributed by atoms with Crippen molar-refractivity contribution in [1.29, 1.82) is 0 Å². The number of hydrogen-bond donors (Lipinski definition) is 1. The maximum atomic E-state index is 12.2. The van der Waals surface area contributed by atoms with Crippen LogP contribution in [-0.4, -0.2) is 69.6 Å². The van der Waals surface area contributed by atoms with Gasteiger partial charge in [0.05, 0.1) is 12.2 Å². The Morgan fingerprint density at radius 3 is 2.50 bits per heavy atom. The minimum absolute atomic E-state index is 0.0151. The fourth-order valence-corrected chi connectivity index (χ4v) is 4.26. The zero-order chi connectivity index (χ0) is 16.2. The van der Waals surface area contributed by atoms with Gasteiger partial charge in [0.15, 0.2) is 0 Å². The normalized spacial score (nSPS) is 26.0. The second-order valence-electron chi connectivity index (χ2n) is 6.79. The minimum Gasteiger partial charge on any atom is -0.356 e. The van der Waals surface area contributed by atoms with Gasteiger partial charge < -0.3 is 10.2 Å². The van der Waals surface area contributed by atoms with Crippen LogP contribution in [0.15, 0.2) is 0 Å². The number of rotatable bonds is 5. The van der Waals surface area contributed by atoms with Crippen LogP contribution < -0.4 is 5.32 Å². The van der Waals surface area contributed by atoms with Crippen LogP contribution in [0.5, 0.6) is 0 Å². The Morgan fingerprint density at radius 1 is 1.18 bits per heavy atom. The van der Waals surface area contributed by atoms with Crippen LogP contribution in [-0.2, 0) is 14.8 Å². The van der Waals surface area contributed by atoms with E-state index in [0.717, 1.165) is 32.4 Å². The average molecular weight is 331 g/mol. The Morgan fingerprint density at radius 2 is 1.86 bits per heavy atom. The number of carbonyl (C=O) groups excluding carboxylic acids is 1. The lowest BCUT2D eigenvalue weighted by Crippen LogP contribution is -2.45. The van der Waals surface area contributed by atoms with Gasteiger partial charge in [-0.2, -0.15) is 0 Å². The highest BCUT2D eigenvalue weighted by Gasteiger charge is 2.30. The molecule has 0 aromatic carbocycles. The molecule has 0 spiro atoms. The third-order valence-electron chi connectivity index (χ3n) is 4.91. The number of sulfonamides is 1. The molecule has 2 aliphatic heterocycles. The average Bonchev–Trinajstić information content (AvgIpc) is 2.48. The molecule has 6 nitrogen and oxygen atoms in total. The van der Waals surface area contributed by atoms with Crippen molar-refractivity contribution in [2.45, 2.75) is 32.1 Å². The number of hydrogen-bond acceptors (Lipinski definition) is 4. The maximum absolute atomic E-state index is 12.2. The molecule has 0 saturated carbocycles. The van der Waals surface area contributed by atoms with Crippen LogP contribution in [0.4, 0.5) is 0 Å². The maximum Gasteiger partial charge on any atom is 0.224 e. The van der Waals surface area contributed by atoms with Crippen molar-refractivity contribution in [3.63, 3.8) is 0 Å². The predicted molar refractivity (Wildman–Crippen MR) is 87.0 cm³/mol. The highest BCUT2D eigenvalue weighted by atomic mass is 32.2. The van der Waals surface area contributed by atoms with E-state index < -0.39 is 10.0 Å². The van der Waals surface area contributed by atoms with Gasteiger partial charge in [-0.1, -0.05) is 0 Å². The van der Waals surface area contributed by atoms with Gasteiger partial charge in [0.25, 0.3) is 0 Å². The lowest BCUT2D eigenvalue weighted by atomic mass is 9.93. The summed E-state index contributed by atoms with van der Waals surface area (Å²) in [7, 11) is -1.04. The standard InChI is InChI=1S/C15H29N3O3S/c1-17-10-6-13(7-11-17)5-8-16-15(19)14-4-3-9-18(12-14)22(2,20)21/h13-14H,3-12H2,1-2H3,(H,16,19)/t14-/m1/s1. The summed E-state index contributed by atoms with van der Waals surface area (Å²) >= 11 is 0. The van der Waals surface area contributed by atoms with E-state index in [1.165, 1.54) is 23.4 Å². The van der Waals surface area contributed by atoms with Crippen molar-refractivity contribution in [3.8, 4) is 0 Å². The van der Waals surface area contributed by atoms with Crippen LogP contribution in [0, 0.1) is 11.8 Å². The van der Waals surface area contributed by atoms with E-state index in [0.29, 0.717) is 25.6 Å². The molecule has 7 heteroatoms. The second kappa shape index (κ2) is 7.75. The fraction of sp³-hybridized carbons (Fsp3) is 0.933. The first-order chi connectivity index (χ1) is 10.4. The van der Waals surface area contributed by atoms with Gasteiger partial charge in [0, 0.05) is 19.6 Å². The van der Waals surface area contributed by atoms with E-state index in [1.807, 2.05) is 0 Å². The van der Waals surface area contributed by atoms with E-state index in [2.05, 4.69) is 17.3 Å². The van der Waals surface area contributed by atoms with Crippen LogP contribution in [0.3, 0.4) is 0 Å². The molecule has 1 atom stereocenters. The fourth-order valence-electron chi connectivity index (χ4n) is 3.35. The zero-order valence-corrected chi connectivity index (χ0v) is 14.6. The molecule has 1 amide bonds. The van der Waals surface area contributed by atoms with Gasteiger partial charge in [-0.3, -0.25) is 4.79 Å². The Hall–Kier alpha value is -0.660. The topological polar surface area (TPSA) is 69.7 Å². The Bertz CT molecular complexity index is 472. The van der Waals surface area contributed by atoms with Crippen LogP contribution in [0.25, 0.3) is 0 Å². The summed E-state index contributed by atoms with van der Waals surface area (Å²) in [5.41, 5.74) is 0. The summed E-state index contributed by atoms with van der Waals surface area (Å²) in [6.45, 7) is 3.87. The molecule has 128 valence electrons. The van der Waals surface area contributed by atoms with E-state index in [4.69, 9.17) is 0 Å². The summed E-state index contributed by atoms with van der Waals surface area (Å²) in [4.78, 5) is 14.6. The molecule has 0 aliphatic carbocycles. The zero-order valence-electron chi connectivity index (χ0n) is 13.8. The SMILES string of the molecule is CN1CCC(CCNC(=O)[C@@H]2CCCN(S(C)(=O)=O)C2)CC1. The molecule has 0 bridgehead atoms. The van der Waals surface area contributed by atoms with Crippen molar-refractivity contribution in [2.75, 3.05) is 46.0 Å². The van der Waals surface area contributed by atoms with E-state index in [9.17, 15) is 13.2 Å². The van der Waals surface area contributed by atoms with Gasteiger partial charge in [-0.15, -0.1) is 0 Å². The lowest BCUT2D eigenvalue weighted by molar-refractivity contribution is -0.126. The van der Waals surface area contributed by atoms with Gasteiger partial charge in [0.1, 0.15) is 0 Å². The first-order valence-corrected chi connectivity index (χ1v) is 10.1. The molecule has 22 heavy (non-hydrogen) atoms. The lowest BCUT2D eigenvalue weighted by Gasteiger charge is -2.31. The van der Waals surface area contributed by atoms with Crippen molar-refractivity contribution >= 4 is 15.9 Å². The molecule has 2 saturated heterocycles. The Balaban J connectivity index is 1.70. The molecule has 2 heterocycles. The first kappa shape index (κ1) is 17.7. The van der Waals surface area contributed by atoms with Gasteiger partial charge in [0.2, 0.25) is 15.9 Å². The predicted octanol–water partition coefficient (Wildman–Crippen LogP) is 0.506. The molecule has 2 aliphatic rings. The van der Waals surface area contributed by atoms with Gasteiger partial charge in [-0.25, -0.2) is 12.7 Å². The van der Waals surface area contributed by atoms with Gasteiger partial charge in [-0.05, 0) is 58.2 Å². The summed E-state index contributed by atoms with van der Waals surface area (Å²) < 4.78 is 24.6. The van der Waals surface area contributed by atoms with E-state index in [1.54, 1.807) is 0 Å². The minimum atomic E-state index is -3.19. The van der Waals surface area contributed by atoms with E-state index >= 15 is 0 Å².